The highest BCUT2D eigenvalue weighted by Gasteiger charge is 2.17. The normalized spacial score (nSPS) is 11.2. The zero-order valence-corrected chi connectivity index (χ0v) is 17.4. The Morgan fingerprint density at radius 1 is 1.29 bits per heavy atom. The van der Waals surface area contributed by atoms with Crippen LogP contribution < -0.4 is 5.73 Å². The molecule has 1 aromatic carbocycles. The lowest BCUT2D eigenvalue weighted by Gasteiger charge is -2.07. The molecule has 0 aliphatic rings. The highest BCUT2D eigenvalue weighted by molar-refractivity contribution is 7.98. The molecular weight excluding hydrogens is 423 g/mol. The van der Waals surface area contributed by atoms with Gasteiger partial charge in [0.2, 0.25) is 17.6 Å². The van der Waals surface area contributed by atoms with E-state index in [1.54, 1.807) is 31.4 Å². The van der Waals surface area contributed by atoms with Crippen molar-refractivity contribution < 1.29 is 18.1 Å². The van der Waals surface area contributed by atoms with E-state index in [4.69, 9.17) is 14.7 Å². The predicted octanol–water partition coefficient (Wildman–Crippen LogP) is 3.13. The minimum atomic E-state index is -0.410. The van der Waals surface area contributed by atoms with Crippen molar-refractivity contribution in [2.75, 3.05) is 0 Å². The number of carbonyl (C=O) groups excluding carboxylic acids is 1. The van der Waals surface area contributed by atoms with Crippen LogP contribution in [0.25, 0.3) is 11.4 Å². The molecule has 1 amide bonds. The molecule has 0 unspecified atom stereocenters. The van der Waals surface area contributed by atoms with Gasteiger partial charge < -0.3 is 14.7 Å². The third-order valence-electron chi connectivity index (χ3n) is 4.51. The number of aryl methyl sites for hydroxylation is 2. The molecule has 9 nitrogen and oxygen atoms in total. The van der Waals surface area contributed by atoms with Gasteiger partial charge >= 0.3 is 0 Å². The summed E-state index contributed by atoms with van der Waals surface area (Å²) in [5.41, 5.74) is 6.35. The Bertz CT molecular complexity index is 1190. The van der Waals surface area contributed by atoms with Crippen molar-refractivity contribution >= 4 is 17.7 Å². The smallest absolute Gasteiger partial charge is 0.237 e. The van der Waals surface area contributed by atoms with Crippen molar-refractivity contribution in [3.63, 3.8) is 0 Å². The molecule has 2 N–H and O–H groups in total. The van der Waals surface area contributed by atoms with Crippen LogP contribution in [0.5, 0.6) is 0 Å². The number of nitrogens with zero attached hydrogens (tertiary/aromatic N) is 5. The summed E-state index contributed by atoms with van der Waals surface area (Å²) < 4.78 is 26.4. The molecule has 0 bridgehead atoms. The summed E-state index contributed by atoms with van der Waals surface area (Å²) in [6, 6.07) is 8.42. The van der Waals surface area contributed by atoms with Crippen LogP contribution in [0, 0.1) is 12.7 Å². The lowest BCUT2D eigenvalue weighted by molar-refractivity contribution is -0.118. The number of halogens is 1. The second-order valence-electron chi connectivity index (χ2n) is 6.79. The molecule has 3 heterocycles. The molecule has 4 rings (SSSR count). The van der Waals surface area contributed by atoms with E-state index in [-0.39, 0.29) is 12.2 Å². The Kier molecular flexibility index (Phi) is 6.12. The van der Waals surface area contributed by atoms with E-state index in [0.717, 1.165) is 5.76 Å². The molecule has 0 radical (unpaired) electrons. The molecule has 0 saturated carbocycles. The monoisotopic (exact) mass is 442 g/mol. The van der Waals surface area contributed by atoms with Gasteiger partial charge in [0, 0.05) is 18.4 Å². The molecule has 31 heavy (non-hydrogen) atoms. The number of hydrogen-bond donors (Lipinski definition) is 1. The molecule has 0 aliphatic carbocycles. The summed E-state index contributed by atoms with van der Waals surface area (Å²) in [6.45, 7) is 2.10. The molecule has 0 spiro atoms. The van der Waals surface area contributed by atoms with E-state index < -0.39 is 5.91 Å². The lowest BCUT2D eigenvalue weighted by Crippen LogP contribution is -2.14. The van der Waals surface area contributed by atoms with Crippen LogP contribution in [0.4, 0.5) is 4.39 Å². The Morgan fingerprint density at radius 3 is 2.90 bits per heavy atom. The summed E-state index contributed by atoms with van der Waals surface area (Å²) in [5, 5.41) is 12.9. The topological polar surface area (TPSA) is 126 Å². The number of thioether (sulfide) groups is 1. The van der Waals surface area contributed by atoms with E-state index in [1.807, 2.05) is 10.6 Å². The number of rotatable bonds is 9. The summed E-state index contributed by atoms with van der Waals surface area (Å²) in [7, 11) is 0. The Balaban J connectivity index is 1.49. The van der Waals surface area contributed by atoms with Crippen LogP contribution in [0.1, 0.15) is 29.5 Å². The first-order valence-electron chi connectivity index (χ1n) is 9.44. The lowest BCUT2D eigenvalue weighted by atomic mass is 10.1. The van der Waals surface area contributed by atoms with Crippen molar-refractivity contribution in [2.24, 2.45) is 5.73 Å². The van der Waals surface area contributed by atoms with Crippen molar-refractivity contribution in [2.45, 2.75) is 37.2 Å². The Labute approximate surface area is 180 Å². The van der Waals surface area contributed by atoms with Crippen LogP contribution in [-0.4, -0.2) is 30.8 Å². The van der Waals surface area contributed by atoms with Crippen molar-refractivity contribution in [3.05, 3.63) is 65.5 Å². The maximum atomic E-state index is 13.8. The molecular formula is C20H19FN6O3S. The third kappa shape index (κ3) is 5.00. The number of aromatic nitrogens is 5. The van der Waals surface area contributed by atoms with Gasteiger partial charge in [-0.3, -0.25) is 9.36 Å². The second kappa shape index (κ2) is 9.13. The van der Waals surface area contributed by atoms with Crippen molar-refractivity contribution in [1.29, 1.82) is 0 Å². The first kappa shape index (κ1) is 20.8. The van der Waals surface area contributed by atoms with Gasteiger partial charge in [-0.1, -0.05) is 29.1 Å². The average Bonchev–Trinajstić information content (AvgIpc) is 3.49. The molecule has 0 saturated heterocycles. The number of carbonyl (C=O) groups is 1. The van der Waals surface area contributed by atoms with Crippen LogP contribution >= 0.6 is 11.8 Å². The fourth-order valence-electron chi connectivity index (χ4n) is 2.85. The second-order valence-corrected chi connectivity index (χ2v) is 7.74. The highest BCUT2D eigenvalue weighted by atomic mass is 32.2. The van der Waals surface area contributed by atoms with Crippen LogP contribution in [0.15, 0.2) is 50.7 Å². The zero-order chi connectivity index (χ0) is 21.8. The van der Waals surface area contributed by atoms with Gasteiger partial charge in [-0.25, -0.2) is 4.39 Å². The van der Waals surface area contributed by atoms with E-state index in [1.165, 1.54) is 17.8 Å². The predicted molar refractivity (Wildman–Crippen MR) is 109 cm³/mol. The molecule has 11 heteroatoms. The van der Waals surface area contributed by atoms with Crippen molar-refractivity contribution in [3.8, 4) is 11.4 Å². The van der Waals surface area contributed by atoms with Crippen molar-refractivity contribution in [1.82, 2.24) is 24.9 Å². The molecule has 0 fully saturated rings. The molecule has 4 aromatic rings. The fraction of sp³-hybridized carbons (Fsp3) is 0.250. The average molecular weight is 442 g/mol. The number of benzene rings is 1. The van der Waals surface area contributed by atoms with E-state index >= 15 is 0 Å². The third-order valence-corrected chi connectivity index (χ3v) is 5.46. The standard InChI is InChI=1S/C20H19FN6O3S/c1-12-4-5-13(9-15(12)21)19-23-18(30-26-19)11-31-20-25-24-17(7-6-16(22)28)27(20)10-14-3-2-8-29-14/h2-5,8-9H,6-7,10-11H2,1H3,(H2,22,28). The van der Waals surface area contributed by atoms with Crippen LogP contribution in [-0.2, 0) is 23.5 Å². The van der Waals surface area contributed by atoms with E-state index in [9.17, 15) is 9.18 Å². The fourth-order valence-corrected chi connectivity index (χ4v) is 3.65. The van der Waals surface area contributed by atoms with Crippen LogP contribution in [0.3, 0.4) is 0 Å². The number of amides is 1. The summed E-state index contributed by atoms with van der Waals surface area (Å²) in [4.78, 5) is 15.5. The maximum Gasteiger partial charge on any atom is 0.237 e. The Hall–Kier alpha value is -3.47. The van der Waals surface area contributed by atoms with Gasteiger partial charge in [-0.05, 0) is 30.7 Å². The number of hydrogen-bond acceptors (Lipinski definition) is 8. The summed E-state index contributed by atoms with van der Waals surface area (Å²) >= 11 is 1.35. The summed E-state index contributed by atoms with van der Waals surface area (Å²) in [6.07, 6.45) is 2.12. The largest absolute Gasteiger partial charge is 0.467 e. The van der Waals surface area contributed by atoms with Gasteiger partial charge in [0.1, 0.15) is 17.4 Å². The molecule has 3 aromatic heterocycles. The SMILES string of the molecule is Cc1ccc(-c2noc(CSc3nnc(CCC(N)=O)n3Cc3ccco3)n2)cc1F. The zero-order valence-electron chi connectivity index (χ0n) is 16.6. The first-order chi connectivity index (χ1) is 15.0. The van der Waals surface area contributed by atoms with Gasteiger partial charge in [0.15, 0.2) is 5.16 Å². The number of nitrogens with two attached hydrogens (primary N) is 1. The Morgan fingerprint density at radius 2 is 2.16 bits per heavy atom. The maximum absolute atomic E-state index is 13.8. The van der Waals surface area contributed by atoms with Crippen LogP contribution in [0.2, 0.25) is 0 Å². The first-order valence-corrected chi connectivity index (χ1v) is 10.4. The van der Waals surface area contributed by atoms with Gasteiger partial charge in [-0.15, -0.1) is 10.2 Å². The van der Waals surface area contributed by atoms with Gasteiger partial charge in [0.25, 0.3) is 0 Å². The van der Waals surface area contributed by atoms with E-state index in [2.05, 4.69) is 20.3 Å². The molecule has 160 valence electrons. The molecule has 0 atom stereocenters. The molecule has 0 aliphatic heterocycles. The number of furan rings is 1. The summed E-state index contributed by atoms with van der Waals surface area (Å²) in [5.74, 6) is 1.64. The minimum absolute atomic E-state index is 0.168. The van der Waals surface area contributed by atoms with Gasteiger partial charge in [-0.2, -0.15) is 4.98 Å². The minimum Gasteiger partial charge on any atom is -0.467 e. The highest BCUT2D eigenvalue weighted by Crippen LogP contribution is 2.25. The van der Waals surface area contributed by atoms with E-state index in [0.29, 0.717) is 52.5 Å². The number of primary amides is 1. The van der Waals surface area contributed by atoms with Gasteiger partial charge in [0.05, 0.1) is 18.6 Å². The quantitative estimate of drug-likeness (QED) is 0.392.